The zero-order chi connectivity index (χ0) is 10.3. The largest absolute Gasteiger partial charge is 0.383 e. The summed E-state index contributed by atoms with van der Waals surface area (Å²) in [6, 6.07) is 0. The third-order valence-corrected chi connectivity index (χ3v) is 5.15. The zero-order valence-electron chi connectivity index (χ0n) is 8.38. The number of nitrogens with zero attached hydrogens (tertiary/aromatic N) is 2. The zero-order valence-corrected chi connectivity index (χ0v) is 10.8. The van der Waals surface area contributed by atoms with Gasteiger partial charge in [-0.2, -0.15) is 16.9 Å². The summed E-state index contributed by atoms with van der Waals surface area (Å²) >= 11 is 5.36. The van der Waals surface area contributed by atoms with Crippen LogP contribution in [0.25, 0.3) is 0 Å². The lowest BCUT2D eigenvalue weighted by atomic mass is 10.4. The number of hydrogen-bond acceptors (Lipinski definition) is 3. The predicted molar refractivity (Wildman–Crippen MR) is 64.6 cm³/mol. The van der Waals surface area contributed by atoms with E-state index >= 15 is 0 Å². The lowest BCUT2D eigenvalue weighted by Crippen LogP contribution is -2.16. The van der Waals surface area contributed by atoms with Crippen LogP contribution in [0, 0.1) is 6.92 Å². The van der Waals surface area contributed by atoms with Crippen LogP contribution in [0.4, 0.5) is 5.82 Å². The Labute approximate surface area is 96.6 Å². The molecule has 1 heterocycles. The summed E-state index contributed by atoms with van der Waals surface area (Å²) in [5.41, 5.74) is 6.91. The second-order valence-corrected chi connectivity index (χ2v) is 5.90. The maximum absolute atomic E-state index is 5.94. The maximum Gasteiger partial charge on any atom is 0.136 e. The highest BCUT2D eigenvalue weighted by Crippen LogP contribution is 2.48. The molecule has 0 amide bonds. The van der Waals surface area contributed by atoms with Gasteiger partial charge in [-0.15, -0.1) is 0 Å². The van der Waals surface area contributed by atoms with E-state index in [2.05, 4.69) is 27.3 Å². The number of rotatable bonds is 3. The Balaban J connectivity index is 2.21. The highest BCUT2D eigenvalue weighted by atomic mass is 79.9. The lowest BCUT2D eigenvalue weighted by Gasteiger charge is -2.12. The first-order chi connectivity index (χ1) is 6.58. The number of thioether (sulfide) groups is 1. The smallest absolute Gasteiger partial charge is 0.136 e. The molecule has 1 aliphatic rings. The van der Waals surface area contributed by atoms with Gasteiger partial charge in [0.1, 0.15) is 5.82 Å². The van der Waals surface area contributed by atoms with Crippen LogP contribution in [0.15, 0.2) is 4.47 Å². The molecule has 0 bridgehead atoms. The van der Waals surface area contributed by atoms with Crippen LogP contribution >= 0.6 is 27.7 Å². The van der Waals surface area contributed by atoms with Crippen LogP contribution in [-0.4, -0.2) is 20.8 Å². The number of nitrogen functional groups attached to an aromatic ring is 1. The average molecular weight is 276 g/mol. The molecule has 1 fully saturated rings. The van der Waals surface area contributed by atoms with Crippen molar-refractivity contribution in [3.05, 3.63) is 10.2 Å². The maximum atomic E-state index is 5.94. The van der Waals surface area contributed by atoms with Gasteiger partial charge in [-0.05, 0) is 42.0 Å². The molecule has 3 nitrogen and oxygen atoms in total. The number of hydrogen-bond donors (Lipinski definition) is 1. The van der Waals surface area contributed by atoms with Gasteiger partial charge in [-0.1, -0.05) is 0 Å². The van der Waals surface area contributed by atoms with Crippen LogP contribution in [-0.2, 0) is 6.54 Å². The summed E-state index contributed by atoms with van der Waals surface area (Å²) in [7, 11) is 0. The molecule has 0 aliphatic heterocycles. The second-order valence-electron chi connectivity index (χ2n) is 3.83. The van der Waals surface area contributed by atoms with Crippen LogP contribution in [0.3, 0.4) is 0 Å². The predicted octanol–water partition coefficient (Wildman–Crippen LogP) is 2.43. The van der Waals surface area contributed by atoms with Gasteiger partial charge in [0.25, 0.3) is 0 Å². The van der Waals surface area contributed by atoms with Gasteiger partial charge < -0.3 is 5.73 Å². The molecule has 0 radical (unpaired) electrons. The fourth-order valence-corrected chi connectivity index (χ4v) is 2.58. The highest BCUT2D eigenvalue weighted by molar-refractivity contribution is 9.10. The number of halogens is 1. The van der Waals surface area contributed by atoms with E-state index in [9.17, 15) is 0 Å². The topological polar surface area (TPSA) is 43.8 Å². The molecular weight excluding hydrogens is 262 g/mol. The van der Waals surface area contributed by atoms with Gasteiger partial charge in [-0.25, -0.2) is 4.68 Å². The van der Waals surface area contributed by atoms with E-state index in [1.165, 1.54) is 12.8 Å². The summed E-state index contributed by atoms with van der Waals surface area (Å²) in [6.45, 7) is 2.90. The van der Waals surface area contributed by atoms with Crippen LogP contribution in [0.2, 0.25) is 0 Å². The molecule has 0 spiro atoms. The SMILES string of the molecule is CSC1(Cn2nc(C)c(Br)c2N)CC1. The first-order valence-electron chi connectivity index (χ1n) is 4.61. The van der Waals surface area contributed by atoms with E-state index in [1.54, 1.807) is 0 Å². The lowest BCUT2D eigenvalue weighted by molar-refractivity contribution is 0.593. The quantitative estimate of drug-likeness (QED) is 0.922. The Hall–Kier alpha value is -0.160. The Bertz CT molecular complexity index is 357. The summed E-state index contributed by atoms with van der Waals surface area (Å²) < 4.78 is 3.27. The number of aryl methyl sites for hydroxylation is 1. The van der Waals surface area contributed by atoms with Gasteiger partial charge in [0.05, 0.1) is 16.7 Å². The normalized spacial score (nSPS) is 18.5. The molecular formula is C9H14BrN3S. The van der Waals surface area contributed by atoms with Gasteiger partial charge in [0.2, 0.25) is 0 Å². The fourth-order valence-electron chi connectivity index (χ4n) is 1.54. The average Bonchev–Trinajstić information content (AvgIpc) is 2.90. The van der Waals surface area contributed by atoms with E-state index < -0.39 is 0 Å². The van der Waals surface area contributed by atoms with Crippen molar-refractivity contribution in [1.82, 2.24) is 9.78 Å². The van der Waals surface area contributed by atoms with Crippen molar-refractivity contribution >= 4 is 33.5 Å². The molecule has 0 unspecified atom stereocenters. The molecule has 2 N–H and O–H groups in total. The molecule has 1 aliphatic carbocycles. The summed E-state index contributed by atoms with van der Waals surface area (Å²) in [5.74, 6) is 0.753. The summed E-state index contributed by atoms with van der Waals surface area (Å²) in [4.78, 5) is 0. The summed E-state index contributed by atoms with van der Waals surface area (Å²) in [5, 5.41) is 4.41. The number of anilines is 1. The standard InChI is InChI=1S/C9H14BrN3S/c1-6-7(10)8(11)13(12-6)5-9(14-2)3-4-9/h3-5,11H2,1-2H3. The van der Waals surface area contributed by atoms with Gasteiger partial charge in [0, 0.05) is 4.75 Å². The summed E-state index contributed by atoms with van der Waals surface area (Å²) in [6.07, 6.45) is 4.73. The van der Waals surface area contributed by atoms with Crippen molar-refractivity contribution in [3.8, 4) is 0 Å². The van der Waals surface area contributed by atoms with Gasteiger partial charge in [0.15, 0.2) is 0 Å². The van der Waals surface area contributed by atoms with E-state index in [-0.39, 0.29) is 0 Å². The minimum absolute atomic E-state index is 0.409. The minimum Gasteiger partial charge on any atom is -0.383 e. The Morgan fingerprint density at radius 2 is 2.29 bits per heavy atom. The van der Waals surface area contributed by atoms with Gasteiger partial charge in [-0.3, -0.25) is 0 Å². The van der Waals surface area contributed by atoms with Crippen molar-refractivity contribution in [1.29, 1.82) is 0 Å². The van der Waals surface area contributed by atoms with Crippen LogP contribution in [0.1, 0.15) is 18.5 Å². The van der Waals surface area contributed by atoms with E-state index in [0.29, 0.717) is 4.75 Å². The minimum atomic E-state index is 0.409. The molecule has 0 saturated heterocycles. The van der Waals surface area contributed by atoms with Crippen molar-refractivity contribution < 1.29 is 0 Å². The van der Waals surface area contributed by atoms with Crippen molar-refractivity contribution in [2.24, 2.45) is 0 Å². The molecule has 1 aromatic rings. The molecule has 5 heteroatoms. The molecule has 0 aromatic carbocycles. The second kappa shape index (κ2) is 3.45. The molecule has 14 heavy (non-hydrogen) atoms. The molecule has 1 saturated carbocycles. The molecule has 0 atom stereocenters. The molecule has 78 valence electrons. The Morgan fingerprint density at radius 3 is 2.64 bits per heavy atom. The van der Waals surface area contributed by atoms with Crippen molar-refractivity contribution in [3.63, 3.8) is 0 Å². The van der Waals surface area contributed by atoms with E-state index in [4.69, 9.17) is 5.73 Å². The van der Waals surface area contributed by atoms with Gasteiger partial charge >= 0.3 is 0 Å². The monoisotopic (exact) mass is 275 g/mol. The first-order valence-corrected chi connectivity index (χ1v) is 6.63. The Morgan fingerprint density at radius 1 is 1.64 bits per heavy atom. The number of nitrogens with two attached hydrogens (primary N) is 1. The number of aromatic nitrogens is 2. The van der Waals surface area contributed by atoms with Crippen molar-refractivity contribution in [2.75, 3.05) is 12.0 Å². The van der Waals surface area contributed by atoms with Crippen molar-refractivity contribution in [2.45, 2.75) is 31.1 Å². The van der Waals surface area contributed by atoms with Crippen LogP contribution < -0.4 is 5.73 Å². The third kappa shape index (κ3) is 1.67. The van der Waals surface area contributed by atoms with E-state index in [1.807, 2.05) is 23.4 Å². The molecule has 2 rings (SSSR count). The highest BCUT2D eigenvalue weighted by Gasteiger charge is 2.42. The Kier molecular flexibility index (Phi) is 2.55. The van der Waals surface area contributed by atoms with Crippen LogP contribution in [0.5, 0.6) is 0 Å². The third-order valence-electron chi connectivity index (χ3n) is 2.77. The van der Waals surface area contributed by atoms with E-state index in [0.717, 1.165) is 22.5 Å². The fraction of sp³-hybridized carbons (Fsp3) is 0.667. The first kappa shape index (κ1) is 10.4. The molecule has 1 aromatic heterocycles.